The van der Waals surface area contributed by atoms with Crippen LogP contribution in [0, 0.1) is 5.41 Å². The molecule has 0 bridgehead atoms. The van der Waals surface area contributed by atoms with Gasteiger partial charge in [0.1, 0.15) is 11.0 Å². The second-order valence-electron chi connectivity index (χ2n) is 6.70. The van der Waals surface area contributed by atoms with E-state index >= 15 is 0 Å². The lowest BCUT2D eigenvalue weighted by Crippen LogP contribution is -2.58. The zero-order valence-corrected chi connectivity index (χ0v) is 14.2. The molecule has 8 heteroatoms. The van der Waals surface area contributed by atoms with Gasteiger partial charge >= 0.3 is 0 Å². The van der Waals surface area contributed by atoms with E-state index in [1.807, 2.05) is 11.0 Å². The summed E-state index contributed by atoms with van der Waals surface area (Å²) >= 11 is 0. The van der Waals surface area contributed by atoms with Gasteiger partial charge in [-0.2, -0.15) is 15.4 Å². The first-order valence-corrected chi connectivity index (χ1v) is 8.17. The van der Waals surface area contributed by atoms with Crippen LogP contribution >= 0.6 is 12.4 Å². The Bertz CT molecular complexity index is 732. The van der Waals surface area contributed by atoms with E-state index in [4.69, 9.17) is 0 Å². The van der Waals surface area contributed by atoms with Crippen LogP contribution in [0.3, 0.4) is 0 Å². The summed E-state index contributed by atoms with van der Waals surface area (Å²) in [5.41, 5.74) is 1.87. The SMILES string of the molecule is Cl.O=C(c1ccc2n[nH]nc2c1)N1CCC[C@]2(CNCC[C@@H]2O)C1. The maximum atomic E-state index is 12.9. The zero-order valence-electron chi connectivity index (χ0n) is 13.4. The summed E-state index contributed by atoms with van der Waals surface area (Å²) in [4.78, 5) is 14.7. The first-order chi connectivity index (χ1) is 11.2. The quantitative estimate of drug-likeness (QED) is 0.711. The molecule has 2 aliphatic rings. The summed E-state index contributed by atoms with van der Waals surface area (Å²) in [7, 11) is 0. The monoisotopic (exact) mass is 351 g/mol. The summed E-state index contributed by atoms with van der Waals surface area (Å²) < 4.78 is 0. The number of benzene rings is 1. The number of piperidine rings is 2. The van der Waals surface area contributed by atoms with Gasteiger partial charge in [-0.1, -0.05) is 0 Å². The molecule has 1 spiro atoms. The second kappa shape index (κ2) is 6.66. The van der Waals surface area contributed by atoms with Crippen LogP contribution in [0.25, 0.3) is 11.0 Å². The summed E-state index contributed by atoms with van der Waals surface area (Å²) in [5.74, 6) is 0.00625. The number of carbonyl (C=O) groups is 1. The minimum absolute atomic E-state index is 0. The van der Waals surface area contributed by atoms with Crippen LogP contribution < -0.4 is 5.32 Å². The summed E-state index contributed by atoms with van der Waals surface area (Å²) in [6, 6.07) is 5.38. The number of fused-ring (bicyclic) bond motifs is 1. The molecule has 130 valence electrons. The number of amides is 1. The maximum Gasteiger partial charge on any atom is 0.253 e. The fourth-order valence-corrected chi connectivity index (χ4v) is 3.91. The Hall–Kier alpha value is -1.70. The summed E-state index contributed by atoms with van der Waals surface area (Å²) in [6.45, 7) is 2.97. The third kappa shape index (κ3) is 2.87. The molecule has 0 unspecified atom stereocenters. The van der Waals surface area contributed by atoms with E-state index in [-0.39, 0.29) is 29.8 Å². The van der Waals surface area contributed by atoms with Gasteiger partial charge in [-0.05, 0) is 44.0 Å². The smallest absolute Gasteiger partial charge is 0.253 e. The van der Waals surface area contributed by atoms with Crippen molar-refractivity contribution in [2.24, 2.45) is 5.41 Å². The van der Waals surface area contributed by atoms with Crippen LogP contribution in [0.1, 0.15) is 29.6 Å². The number of aromatic amines is 1. The highest BCUT2D eigenvalue weighted by molar-refractivity contribution is 5.97. The van der Waals surface area contributed by atoms with Crippen LogP contribution in [0.2, 0.25) is 0 Å². The molecule has 0 radical (unpaired) electrons. The fraction of sp³-hybridized carbons (Fsp3) is 0.562. The lowest BCUT2D eigenvalue weighted by atomic mass is 9.72. The molecular weight excluding hydrogens is 330 g/mol. The molecule has 2 fully saturated rings. The highest BCUT2D eigenvalue weighted by atomic mass is 35.5. The van der Waals surface area contributed by atoms with Crippen molar-refractivity contribution in [1.82, 2.24) is 25.6 Å². The standard InChI is InChI=1S/C16H21N5O2.ClH/c22-14-4-6-17-9-16(14)5-1-7-21(10-16)15(23)11-2-3-12-13(8-11)19-20-18-12;/h2-3,8,14,17,22H,1,4-7,9-10H2,(H,18,19,20);1H/t14-,16-;/m0./s1. The van der Waals surface area contributed by atoms with Gasteiger partial charge in [-0.15, -0.1) is 12.4 Å². The molecule has 0 aliphatic carbocycles. The normalized spacial score (nSPS) is 27.2. The van der Waals surface area contributed by atoms with Gasteiger partial charge in [0.05, 0.1) is 6.10 Å². The highest BCUT2D eigenvalue weighted by Gasteiger charge is 2.44. The van der Waals surface area contributed by atoms with Crippen molar-refractivity contribution in [3.63, 3.8) is 0 Å². The van der Waals surface area contributed by atoms with E-state index in [9.17, 15) is 9.90 Å². The Labute approximate surface area is 146 Å². The Morgan fingerprint density at radius 2 is 2.17 bits per heavy atom. The number of aliphatic hydroxyl groups is 1. The minimum Gasteiger partial charge on any atom is -0.392 e. The number of rotatable bonds is 1. The molecule has 2 aromatic rings. The van der Waals surface area contributed by atoms with Crippen LogP contribution in [-0.4, -0.2) is 63.6 Å². The van der Waals surface area contributed by atoms with Crippen molar-refractivity contribution in [3.8, 4) is 0 Å². The molecule has 2 aliphatic heterocycles. The number of nitrogens with one attached hydrogen (secondary N) is 2. The van der Waals surface area contributed by atoms with Gasteiger partial charge in [0.2, 0.25) is 0 Å². The molecule has 2 saturated heterocycles. The van der Waals surface area contributed by atoms with Gasteiger partial charge in [-0.3, -0.25) is 4.79 Å². The number of nitrogens with zero attached hydrogens (tertiary/aromatic N) is 3. The molecule has 3 heterocycles. The Kier molecular flexibility index (Phi) is 4.76. The Morgan fingerprint density at radius 3 is 3.00 bits per heavy atom. The third-order valence-corrected chi connectivity index (χ3v) is 5.24. The van der Waals surface area contributed by atoms with E-state index in [2.05, 4.69) is 20.7 Å². The Morgan fingerprint density at radius 1 is 1.33 bits per heavy atom. The molecule has 0 saturated carbocycles. The number of hydrogen-bond acceptors (Lipinski definition) is 5. The first-order valence-electron chi connectivity index (χ1n) is 8.17. The van der Waals surface area contributed by atoms with Crippen molar-refractivity contribution in [3.05, 3.63) is 23.8 Å². The molecule has 3 N–H and O–H groups in total. The number of halogens is 1. The largest absolute Gasteiger partial charge is 0.392 e. The maximum absolute atomic E-state index is 12.9. The molecule has 7 nitrogen and oxygen atoms in total. The lowest BCUT2D eigenvalue weighted by Gasteiger charge is -2.48. The number of likely N-dealkylation sites (tertiary alicyclic amines) is 1. The third-order valence-electron chi connectivity index (χ3n) is 5.24. The molecule has 1 aromatic heterocycles. The minimum atomic E-state index is -0.336. The van der Waals surface area contributed by atoms with E-state index in [1.165, 1.54) is 0 Å². The molecular formula is C16H22ClN5O2. The highest BCUT2D eigenvalue weighted by Crippen LogP contribution is 2.36. The number of carbonyl (C=O) groups excluding carboxylic acids is 1. The summed E-state index contributed by atoms with van der Waals surface area (Å²) in [5, 5.41) is 24.5. The number of H-pyrrole nitrogens is 1. The zero-order chi connectivity index (χ0) is 15.9. The molecule has 24 heavy (non-hydrogen) atoms. The van der Waals surface area contributed by atoms with Crippen LogP contribution in [0.4, 0.5) is 0 Å². The number of aromatic nitrogens is 3. The van der Waals surface area contributed by atoms with Crippen molar-refractivity contribution in [2.45, 2.75) is 25.4 Å². The van der Waals surface area contributed by atoms with Crippen molar-refractivity contribution < 1.29 is 9.90 Å². The summed E-state index contributed by atoms with van der Waals surface area (Å²) in [6.07, 6.45) is 2.31. The average molecular weight is 352 g/mol. The van der Waals surface area contributed by atoms with E-state index in [0.29, 0.717) is 17.6 Å². The van der Waals surface area contributed by atoms with Crippen LogP contribution in [0.5, 0.6) is 0 Å². The van der Waals surface area contributed by atoms with E-state index in [0.717, 1.165) is 44.4 Å². The van der Waals surface area contributed by atoms with Crippen molar-refractivity contribution in [1.29, 1.82) is 0 Å². The second-order valence-corrected chi connectivity index (χ2v) is 6.70. The topological polar surface area (TPSA) is 94.1 Å². The average Bonchev–Trinajstić information content (AvgIpc) is 3.05. The molecule has 1 aromatic carbocycles. The van der Waals surface area contributed by atoms with Gasteiger partial charge in [0, 0.05) is 30.6 Å². The molecule has 2 atom stereocenters. The van der Waals surface area contributed by atoms with Gasteiger partial charge in [-0.25, -0.2) is 0 Å². The first kappa shape index (κ1) is 17.1. The van der Waals surface area contributed by atoms with Crippen molar-refractivity contribution >= 4 is 29.3 Å². The predicted molar refractivity (Wildman–Crippen MR) is 92.2 cm³/mol. The fourth-order valence-electron chi connectivity index (χ4n) is 3.91. The number of hydrogen-bond donors (Lipinski definition) is 3. The molecule has 4 rings (SSSR count). The Balaban J connectivity index is 0.00000169. The number of aliphatic hydroxyl groups excluding tert-OH is 1. The van der Waals surface area contributed by atoms with E-state index in [1.54, 1.807) is 12.1 Å². The van der Waals surface area contributed by atoms with Crippen LogP contribution in [-0.2, 0) is 0 Å². The van der Waals surface area contributed by atoms with Gasteiger partial charge in [0.25, 0.3) is 5.91 Å². The van der Waals surface area contributed by atoms with Gasteiger partial charge in [0.15, 0.2) is 0 Å². The predicted octanol–water partition coefficient (Wildman–Crippen LogP) is 0.956. The van der Waals surface area contributed by atoms with E-state index < -0.39 is 0 Å². The van der Waals surface area contributed by atoms with Crippen molar-refractivity contribution in [2.75, 3.05) is 26.2 Å². The molecule has 1 amide bonds. The van der Waals surface area contributed by atoms with Gasteiger partial charge < -0.3 is 15.3 Å². The van der Waals surface area contributed by atoms with Crippen LogP contribution in [0.15, 0.2) is 18.2 Å². The lowest BCUT2D eigenvalue weighted by molar-refractivity contribution is -0.0433.